The van der Waals surface area contributed by atoms with Crippen molar-refractivity contribution < 1.29 is 9.90 Å². The lowest BCUT2D eigenvalue weighted by atomic mass is 10.1. The number of hydrogen-bond donors (Lipinski definition) is 2. The molecule has 3 N–H and O–H groups in total. The van der Waals surface area contributed by atoms with Crippen molar-refractivity contribution >= 4 is 5.78 Å². The van der Waals surface area contributed by atoms with Crippen LogP contribution in [0, 0.1) is 0 Å². The maximum atomic E-state index is 11.4. The molecule has 25 heavy (non-hydrogen) atoms. The van der Waals surface area contributed by atoms with Crippen molar-refractivity contribution in [3.8, 4) is 0 Å². The fraction of sp³-hybridized carbons (Fsp3) is 0.591. The minimum absolute atomic E-state index is 0.0170. The number of carbonyl (C=O) groups is 1. The molecule has 0 aromatic rings. The number of hydrogen-bond acceptors (Lipinski definition) is 3. The number of Topliss-reactive ketones (excluding diaryl/α,β-unsaturated/α-hetero) is 1. The quantitative estimate of drug-likeness (QED) is 0.304. The molecule has 0 fully saturated rings. The van der Waals surface area contributed by atoms with Crippen LogP contribution in [0.4, 0.5) is 0 Å². The van der Waals surface area contributed by atoms with Crippen LogP contribution >= 0.6 is 0 Å². The predicted molar refractivity (Wildman–Crippen MR) is 108 cm³/mol. The van der Waals surface area contributed by atoms with Crippen LogP contribution in [-0.2, 0) is 4.79 Å². The van der Waals surface area contributed by atoms with Crippen LogP contribution in [0.15, 0.2) is 48.6 Å². The Morgan fingerprint density at radius 2 is 1.32 bits per heavy atom. The first-order valence-electron chi connectivity index (χ1n) is 9.73. The third kappa shape index (κ3) is 17.2. The molecule has 0 aliphatic heterocycles. The van der Waals surface area contributed by atoms with Crippen LogP contribution in [0.1, 0.15) is 71.1 Å². The number of nitrogens with two attached hydrogens (primary N) is 1. The first kappa shape index (κ1) is 23.5. The lowest BCUT2D eigenvalue weighted by Gasteiger charge is -2.04. The molecule has 0 bridgehead atoms. The van der Waals surface area contributed by atoms with Gasteiger partial charge in [0.05, 0.1) is 0 Å². The summed E-state index contributed by atoms with van der Waals surface area (Å²) in [5.74, 6) is -0.154. The zero-order chi connectivity index (χ0) is 18.6. The molecule has 0 aromatic heterocycles. The zero-order valence-corrected chi connectivity index (χ0v) is 15.9. The van der Waals surface area contributed by atoms with Gasteiger partial charge in [-0.1, -0.05) is 68.4 Å². The van der Waals surface area contributed by atoms with Gasteiger partial charge in [0, 0.05) is 13.0 Å². The van der Waals surface area contributed by atoms with E-state index >= 15 is 0 Å². The Hall–Kier alpha value is -1.45. The summed E-state index contributed by atoms with van der Waals surface area (Å²) in [6.45, 7) is 2.25. The van der Waals surface area contributed by atoms with Gasteiger partial charge in [-0.25, -0.2) is 0 Å². The summed E-state index contributed by atoms with van der Waals surface area (Å²) < 4.78 is 0. The molecule has 142 valence electrons. The second-order valence-electron chi connectivity index (χ2n) is 6.20. The van der Waals surface area contributed by atoms with Crippen molar-refractivity contribution in [3.05, 3.63) is 48.6 Å². The smallest absolute Gasteiger partial charge is 0.162 e. The van der Waals surface area contributed by atoms with E-state index in [9.17, 15) is 9.90 Å². The summed E-state index contributed by atoms with van der Waals surface area (Å²) >= 11 is 0. The summed E-state index contributed by atoms with van der Waals surface area (Å²) in [5, 5.41) is 9.25. The Morgan fingerprint density at radius 1 is 0.840 bits per heavy atom. The third-order valence-electron chi connectivity index (χ3n) is 3.85. The number of aliphatic hydroxyl groups is 1. The summed E-state index contributed by atoms with van der Waals surface area (Å²) in [6, 6.07) is 0. The van der Waals surface area contributed by atoms with Gasteiger partial charge < -0.3 is 10.8 Å². The first-order valence-corrected chi connectivity index (χ1v) is 9.73. The monoisotopic (exact) mass is 347 g/mol. The molecule has 0 saturated carbocycles. The molecule has 0 aliphatic carbocycles. The maximum Gasteiger partial charge on any atom is 0.162 e. The van der Waals surface area contributed by atoms with Gasteiger partial charge >= 0.3 is 0 Å². The lowest BCUT2D eigenvalue weighted by Crippen LogP contribution is -2.28. The Morgan fingerprint density at radius 3 is 1.80 bits per heavy atom. The van der Waals surface area contributed by atoms with E-state index in [-0.39, 0.29) is 12.3 Å². The fourth-order valence-electron chi connectivity index (χ4n) is 2.25. The Bertz CT molecular complexity index is 422. The molecule has 0 heterocycles. The predicted octanol–water partition coefficient (Wildman–Crippen LogP) is 5.02. The minimum Gasteiger partial charge on any atom is -0.384 e. The molecule has 0 radical (unpaired) electrons. The fourth-order valence-corrected chi connectivity index (χ4v) is 2.25. The van der Waals surface area contributed by atoms with Crippen molar-refractivity contribution in [1.29, 1.82) is 0 Å². The highest BCUT2D eigenvalue weighted by Crippen LogP contribution is 2.02. The summed E-state index contributed by atoms with van der Waals surface area (Å²) in [7, 11) is 0. The van der Waals surface area contributed by atoms with Crippen molar-refractivity contribution in [2.45, 2.75) is 77.2 Å². The van der Waals surface area contributed by atoms with E-state index in [0.717, 1.165) is 32.1 Å². The van der Waals surface area contributed by atoms with Gasteiger partial charge in [-0.05, 0) is 44.9 Å². The molecule has 3 nitrogen and oxygen atoms in total. The molecular weight excluding hydrogens is 310 g/mol. The van der Waals surface area contributed by atoms with Gasteiger partial charge in [-0.15, -0.1) is 0 Å². The SMILES string of the molecule is CCCCC/C=C\C/C=C\C/C=C\C/C=C\CCCC(=O)C(O)CN. The molecule has 0 amide bonds. The highest BCUT2D eigenvalue weighted by Gasteiger charge is 2.10. The highest BCUT2D eigenvalue weighted by molar-refractivity contribution is 5.82. The van der Waals surface area contributed by atoms with E-state index in [1.54, 1.807) is 0 Å². The lowest BCUT2D eigenvalue weighted by molar-refractivity contribution is -0.126. The van der Waals surface area contributed by atoms with E-state index in [0.29, 0.717) is 6.42 Å². The van der Waals surface area contributed by atoms with Gasteiger partial charge in [-0.2, -0.15) is 0 Å². The van der Waals surface area contributed by atoms with E-state index < -0.39 is 6.10 Å². The molecule has 1 atom stereocenters. The zero-order valence-electron chi connectivity index (χ0n) is 15.9. The maximum absolute atomic E-state index is 11.4. The topological polar surface area (TPSA) is 63.3 Å². The van der Waals surface area contributed by atoms with Crippen LogP contribution in [-0.4, -0.2) is 23.5 Å². The third-order valence-corrected chi connectivity index (χ3v) is 3.85. The van der Waals surface area contributed by atoms with Crippen LogP contribution in [0.2, 0.25) is 0 Å². The second kappa shape index (κ2) is 18.9. The van der Waals surface area contributed by atoms with Crippen LogP contribution < -0.4 is 5.73 Å². The average Bonchev–Trinajstić information content (AvgIpc) is 2.63. The molecular formula is C22H37NO2. The Labute approximate surface area is 154 Å². The average molecular weight is 348 g/mol. The molecule has 0 aromatic carbocycles. The van der Waals surface area contributed by atoms with Gasteiger partial charge in [0.1, 0.15) is 6.10 Å². The van der Waals surface area contributed by atoms with Gasteiger partial charge in [0.25, 0.3) is 0 Å². The number of carbonyl (C=O) groups excluding carboxylic acids is 1. The summed E-state index contributed by atoms with van der Waals surface area (Å²) in [4.78, 5) is 11.4. The van der Waals surface area contributed by atoms with Crippen molar-refractivity contribution in [2.75, 3.05) is 6.54 Å². The Kier molecular flexibility index (Phi) is 17.8. The van der Waals surface area contributed by atoms with Gasteiger partial charge in [0.15, 0.2) is 5.78 Å². The number of ketones is 1. The molecule has 0 spiro atoms. The van der Waals surface area contributed by atoms with Crippen molar-refractivity contribution in [2.24, 2.45) is 5.73 Å². The van der Waals surface area contributed by atoms with E-state index in [4.69, 9.17) is 5.73 Å². The molecule has 1 unspecified atom stereocenters. The van der Waals surface area contributed by atoms with Crippen LogP contribution in [0.3, 0.4) is 0 Å². The van der Waals surface area contributed by atoms with Crippen molar-refractivity contribution in [1.82, 2.24) is 0 Å². The summed E-state index contributed by atoms with van der Waals surface area (Å²) in [5.41, 5.74) is 5.24. The van der Waals surface area contributed by atoms with Crippen LogP contribution in [0.25, 0.3) is 0 Å². The van der Waals surface area contributed by atoms with Crippen LogP contribution in [0.5, 0.6) is 0 Å². The van der Waals surface area contributed by atoms with E-state index in [1.807, 2.05) is 0 Å². The first-order chi connectivity index (χ1) is 12.2. The number of rotatable bonds is 16. The van der Waals surface area contributed by atoms with Crippen molar-refractivity contribution in [3.63, 3.8) is 0 Å². The molecule has 3 heteroatoms. The normalized spacial score (nSPS) is 13.7. The summed E-state index contributed by atoms with van der Waals surface area (Å²) in [6.07, 6.45) is 26.6. The van der Waals surface area contributed by atoms with Gasteiger partial charge in [0.2, 0.25) is 0 Å². The number of allylic oxidation sites excluding steroid dienone is 8. The molecule has 0 aliphatic rings. The van der Waals surface area contributed by atoms with E-state index in [2.05, 4.69) is 55.5 Å². The molecule has 0 saturated heterocycles. The largest absolute Gasteiger partial charge is 0.384 e. The Balaban J connectivity index is 3.50. The highest BCUT2D eigenvalue weighted by atomic mass is 16.3. The number of aliphatic hydroxyl groups excluding tert-OH is 1. The van der Waals surface area contributed by atoms with E-state index in [1.165, 1.54) is 25.7 Å². The minimum atomic E-state index is -0.989. The second-order valence-corrected chi connectivity index (χ2v) is 6.20. The molecule has 0 rings (SSSR count). The standard InChI is InChI=1S/C22H37NO2/c1-2-3-4-5-6-7-8-9-10-11-12-13-14-15-16-17-18-19-21(24)22(25)20-23/h6-7,9-10,12-13,15-16,22,25H,2-5,8,11,14,17-20,23H2,1H3/b7-6-,10-9-,13-12-,16-15-. The number of unbranched alkanes of at least 4 members (excludes halogenated alkanes) is 4. The van der Waals surface area contributed by atoms with Gasteiger partial charge in [-0.3, -0.25) is 4.79 Å².